The summed E-state index contributed by atoms with van der Waals surface area (Å²) < 4.78 is 4.52. The Labute approximate surface area is 81.3 Å². The van der Waals surface area contributed by atoms with Gasteiger partial charge in [-0.15, -0.1) is 12.6 Å². The highest BCUT2D eigenvalue weighted by atomic mass is 32.1. The fraction of sp³-hybridized carbons (Fsp3) is 0.111. The Morgan fingerprint density at radius 1 is 1.62 bits per heavy atom. The van der Waals surface area contributed by atoms with E-state index < -0.39 is 5.97 Å². The molecule has 0 amide bonds. The van der Waals surface area contributed by atoms with Crippen molar-refractivity contribution in [2.45, 2.75) is 4.90 Å². The highest BCUT2D eigenvalue weighted by Crippen LogP contribution is 2.16. The van der Waals surface area contributed by atoms with Gasteiger partial charge in [0.05, 0.1) is 24.3 Å². The van der Waals surface area contributed by atoms with Crippen LogP contribution in [-0.4, -0.2) is 13.1 Å². The van der Waals surface area contributed by atoms with Crippen molar-refractivity contribution in [3.05, 3.63) is 29.3 Å². The number of thiol groups is 1. The molecule has 0 saturated heterocycles. The van der Waals surface area contributed by atoms with Gasteiger partial charge in [-0.3, -0.25) is 0 Å². The first-order chi connectivity index (χ1) is 6.19. The minimum atomic E-state index is -0.450. The van der Waals surface area contributed by atoms with Crippen molar-refractivity contribution < 1.29 is 9.53 Å². The van der Waals surface area contributed by atoms with Crippen molar-refractivity contribution in [1.29, 1.82) is 5.26 Å². The Bertz CT molecular complexity index is 382. The lowest BCUT2D eigenvalue weighted by atomic mass is 10.1. The van der Waals surface area contributed by atoms with Gasteiger partial charge in [0.2, 0.25) is 0 Å². The Morgan fingerprint density at radius 2 is 2.31 bits per heavy atom. The van der Waals surface area contributed by atoms with Crippen molar-refractivity contribution in [2.75, 3.05) is 7.11 Å². The Hall–Kier alpha value is -1.47. The number of hydrogen-bond donors (Lipinski definition) is 1. The molecule has 0 saturated carbocycles. The van der Waals surface area contributed by atoms with Crippen LogP contribution in [0.15, 0.2) is 23.1 Å². The fourth-order valence-corrected chi connectivity index (χ4v) is 1.19. The lowest BCUT2D eigenvalue weighted by Gasteiger charge is -2.01. The van der Waals surface area contributed by atoms with E-state index in [0.29, 0.717) is 16.0 Å². The molecular weight excluding hydrogens is 186 g/mol. The van der Waals surface area contributed by atoms with Crippen LogP contribution in [0.25, 0.3) is 0 Å². The van der Waals surface area contributed by atoms with Crippen LogP contribution in [0.3, 0.4) is 0 Å². The third kappa shape index (κ3) is 2.01. The van der Waals surface area contributed by atoms with Crippen molar-refractivity contribution >= 4 is 18.6 Å². The Kier molecular flexibility index (Phi) is 2.93. The molecule has 1 aromatic rings. The van der Waals surface area contributed by atoms with Crippen molar-refractivity contribution in [3.8, 4) is 6.07 Å². The quantitative estimate of drug-likeness (QED) is 0.544. The first kappa shape index (κ1) is 9.62. The summed E-state index contributed by atoms with van der Waals surface area (Å²) in [6.07, 6.45) is 0. The van der Waals surface area contributed by atoms with Gasteiger partial charge in [0.15, 0.2) is 0 Å². The van der Waals surface area contributed by atoms with Crippen molar-refractivity contribution in [3.63, 3.8) is 0 Å². The Balaban J connectivity index is 3.14. The first-order valence-corrected chi connectivity index (χ1v) is 3.95. The molecule has 1 rings (SSSR count). The average molecular weight is 193 g/mol. The number of rotatable bonds is 1. The summed E-state index contributed by atoms with van der Waals surface area (Å²) in [5.74, 6) is -0.450. The van der Waals surface area contributed by atoms with Crippen LogP contribution in [0.4, 0.5) is 0 Å². The molecule has 0 aliphatic carbocycles. The molecule has 1 aromatic carbocycles. The molecule has 0 aromatic heterocycles. The second-order valence-electron chi connectivity index (χ2n) is 2.34. The second-order valence-corrected chi connectivity index (χ2v) is 2.82. The molecule has 0 spiro atoms. The van der Waals surface area contributed by atoms with Crippen molar-refractivity contribution in [2.24, 2.45) is 0 Å². The lowest BCUT2D eigenvalue weighted by Crippen LogP contribution is -2.02. The van der Waals surface area contributed by atoms with Crippen LogP contribution in [0.5, 0.6) is 0 Å². The predicted molar refractivity (Wildman–Crippen MR) is 49.7 cm³/mol. The zero-order valence-corrected chi connectivity index (χ0v) is 7.84. The van der Waals surface area contributed by atoms with Gasteiger partial charge in [-0.2, -0.15) is 5.26 Å². The van der Waals surface area contributed by atoms with E-state index in [4.69, 9.17) is 5.26 Å². The number of benzene rings is 1. The van der Waals surface area contributed by atoms with E-state index in [1.165, 1.54) is 19.2 Å². The molecule has 0 aliphatic heterocycles. The molecule has 13 heavy (non-hydrogen) atoms. The van der Waals surface area contributed by atoms with E-state index in [1.807, 2.05) is 6.07 Å². The first-order valence-electron chi connectivity index (χ1n) is 3.50. The smallest absolute Gasteiger partial charge is 0.338 e. The van der Waals surface area contributed by atoms with Gasteiger partial charge in [0.1, 0.15) is 0 Å². The maximum absolute atomic E-state index is 11.1. The summed E-state index contributed by atoms with van der Waals surface area (Å²) in [6, 6.07) is 6.54. The van der Waals surface area contributed by atoms with Crippen LogP contribution >= 0.6 is 12.6 Å². The van der Waals surface area contributed by atoms with E-state index in [1.54, 1.807) is 6.07 Å². The number of carbonyl (C=O) groups excluding carboxylic acids is 1. The highest BCUT2D eigenvalue weighted by molar-refractivity contribution is 7.80. The summed E-state index contributed by atoms with van der Waals surface area (Å²) in [7, 11) is 1.30. The maximum atomic E-state index is 11.1. The summed E-state index contributed by atoms with van der Waals surface area (Å²) in [5, 5.41) is 8.55. The lowest BCUT2D eigenvalue weighted by molar-refractivity contribution is 0.0597. The molecule has 0 unspecified atom stereocenters. The fourth-order valence-electron chi connectivity index (χ4n) is 0.884. The van der Waals surface area contributed by atoms with Crippen LogP contribution in [0.2, 0.25) is 0 Å². The van der Waals surface area contributed by atoms with E-state index in [-0.39, 0.29) is 0 Å². The number of esters is 1. The summed E-state index contributed by atoms with van der Waals surface area (Å²) in [5.41, 5.74) is 0.836. The molecule has 66 valence electrons. The maximum Gasteiger partial charge on any atom is 0.338 e. The highest BCUT2D eigenvalue weighted by Gasteiger charge is 2.09. The number of nitriles is 1. The predicted octanol–water partition coefficient (Wildman–Crippen LogP) is 1.63. The molecule has 0 fully saturated rings. The number of methoxy groups -OCH3 is 1. The van der Waals surface area contributed by atoms with Gasteiger partial charge >= 0.3 is 5.97 Å². The second kappa shape index (κ2) is 3.97. The molecular formula is C9H7NO2S. The molecule has 0 radical (unpaired) electrons. The van der Waals surface area contributed by atoms with Crippen LogP contribution < -0.4 is 0 Å². The van der Waals surface area contributed by atoms with Crippen molar-refractivity contribution in [1.82, 2.24) is 0 Å². The van der Waals surface area contributed by atoms with Crippen LogP contribution in [-0.2, 0) is 4.74 Å². The largest absolute Gasteiger partial charge is 0.465 e. The summed E-state index contributed by atoms with van der Waals surface area (Å²) in [6.45, 7) is 0. The molecule has 0 N–H and O–H groups in total. The van der Waals surface area contributed by atoms with Crippen LogP contribution in [0, 0.1) is 11.3 Å². The Morgan fingerprint density at radius 3 is 2.77 bits per heavy atom. The van der Waals surface area contributed by atoms with Gasteiger partial charge in [0, 0.05) is 4.90 Å². The van der Waals surface area contributed by atoms with E-state index in [0.717, 1.165) is 0 Å². The third-order valence-corrected chi connectivity index (χ3v) is 1.90. The number of ether oxygens (including phenoxy) is 1. The van der Waals surface area contributed by atoms with E-state index >= 15 is 0 Å². The monoisotopic (exact) mass is 193 g/mol. The minimum absolute atomic E-state index is 0.366. The van der Waals surface area contributed by atoms with Gasteiger partial charge in [-0.05, 0) is 18.2 Å². The van der Waals surface area contributed by atoms with Gasteiger partial charge < -0.3 is 4.74 Å². The van der Waals surface area contributed by atoms with Gasteiger partial charge in [-0.1, -0.05) is 0 Å². The zero-order valence-electron chi connectivity index (χ0n) is 6.94. The SMILES string of the molecule is COC(=O)c1ccc(C#N)cc1S. The average Bonchev–Trinajstić information content (AvgIpc) is 2.16. The number of carbonyl (C=O) groups is 1. The molecule has 3 nitrogen and oxygen atoms in total. The van der Waals surface area contributed by atoms with E-state index in [2.05, 4.69) is 17.4 Å². The molecule has 0 aliphatic rings. The standard InChI is InChI=1S/C9H7NO2S/c1-12-9(11)7-3-2-6(5-10)4-8(7)13/h2-4,13H,1H3. The molecule has 0 atom stereocenters. The minimum Gasteiger partial charge on any atom is -0.465 e. The zero-order chi connectivity index (χ0) is 9.84. The summed E-state index contributed by atoms with van der Waals surface area (Å²) >= 11 is 4.06. The molecule has 0 bridgehead atoms. The van der Waals surface area contributed by atoms with Gasteiger partial charge in [0.25, 0.3) is 0 Å². The topological polar surface area (TPSA) is 50.1 Å². The summed E-state index contributed by atoms with van der Waals surface area (Å²) in [4.78, 5) is 11.5. The van der Waals surface area contributed by atoms with E-state index in [9.17, 15) is 4.79 Å². The molecule has 0 heterocycles. The molecule has 4 heteroatoms. The normalized spacial score (nSPS) is 9.00. The van der Waals surface area contributed by atoms with Crippen LogP contribution in [0.1, 0.15) is 15.9 Å². The number of nitrogens with zero attached hydrogens (tertiary/aromatic N) is 1. The number of hydrogen-bond acceptors (Lipinski definition) is 4. The third-order valence-electron chi connectivity index (χ3n) is 1.53. The van der Waals surface area contributed by atoms with Gasteiger partial charge in [-0.25, -0.2) is 4.79 Å².